The number of carboxylic acid groups (broad SMARTS) is 1. The molecule has 7 nitrogen and oxygen atoms in total. The van der Waals surface area contributed by atoms with E-state index in [1.807, 2.05) is 19.1 Å². The summed E-state index contributed by atoms with van der Waals surface area (Å²) >= 11 is 0. The standard InChI is InChI=1S/C23H27NO6/c1-16-4-8-18(9-5-16)24-22(28)30-21(23(2,3)13-12-20(26)27)17-6-10-19(11-7-17)29-15-14-25/h4-13,21,25H,14-15H2,1-3H3,(H,24,28)(H,26,27)/b13-12+/t21-/m1/s1. The van der Waals surface area contributed by atoms with E-state index in [4.69, 9.17) is 19.7 Å². The monoisotopic (exact) mass is 413 g/mol. The molecule has 0 aliphatic carbocycles. The molecule has 0 saturated heterocycles. The molecular weight excluding hydrogens is 386 g/mol. The molecule has 0 spiro atoms. The lowest BCUT2D eigenvalue weighted by Crippen LogP contribution is -2.27. The molecule has 1 amide bonds. The maximum Gasteiger partial charge on any atom is 0.412 e. The van der Waals surface area contributed by atoms with Crippen molar-refractivity contribution in [2.45, 2.75) is 26.9 Å². The van der Waals surface area contributed by atoms with E-state index < -0.39 is 23.6 Å². The second-order valence-electron chi connectivity index (χ2n) is 7.41. The zero-order chi connectivity index (χ0) is 22.1. The van der Waals surface area contributed by atoms with Gasteiger partial charge in [-0.05, 0) is 36.8 Å². The van der Waals surface area contributed by atoms with Crippen LogP contribution in [-0.4, -0.2) is 35.5 Å². The molecule has 1 atom stereocenters. The molecule has 0 saturated carbocycles. The maximum absolute atomic E-state index is 12.5. The van der Waals surface area contributed by atoms with Gasteiger partial charge in [-0.1, -0.05) is 49.8 Å². The largest absolute Gasteiger partial charge is 0.491 e. The Bertz CT molecular complexity index is 872. The van der Waals surface area contributed by atoms with E-state index in [0.29, 0.717) is 17.0 Å². The number of amides is 1. The summed E-state index contributed by atoms with van der Waals surface area (Å²) in [4.78, 5) is 23.5. The van der Waals surface area contributed by atoms with Crippen molar-refractivity contribution in [3.05, 3.63) is 71.8 Å². The number of carbonyl (C=O) groups is 2. The number of anilines is 1. The average Bonchev–Trinajstić information content (AvgIpc) is 2.71. The van der Waals surface area contributed by atoms with Crippen molar-refractivity contribution in [2.75, 3.05) is 18.5 Å². The van der Waals surface area contributed by atoms with E-state index in [2.05, 4.69) is 5.32 Å². The highest BCUT2D eigenvalue weighted by molar-refractivity contribution is 5.85. The molecule has 0 fully saturated rings. The lowest BCUT2D eigenvalue weighted by atomic mass is 9.82. The second-order valence-corrected chi connectivity index (χ2v) is 7.41. The van der Waals surface area contributed by atoms with Crippen LogP contribution in [0.5, 0.6) is 5.75 Å². The van der Waals surface area contributed by atoms with Gasteiger partial charge in [0.05, 0.1) is 6.61 Å². The average molecular weight is 413 g/mol. The van der Waals surface area contributed by atoms with Gasteiger partial charge in [0.15, 0.2) is 0 Å². The minimum absolute atomic E-state index is 0.0975. The minimum atomic E-state index is -1.08. The van der Waals surface area contributed by atoms with Crippen LogP contribution in [0.3, 0.4) is 0 Å². The first-order valence-electron chi connectivity index (χ1n) is 9.51. The highest BCUT2D eigenvalue weighted by Gasteiger charge is 2.32. The van der Waals surface area contributed by atoms with Crippen molar-refractivity contribution in [1.82, 2.24) is 0 Å². The van der Waals surface area contributed by atoms with E-state index in [1.165, 1.54) is 6.08 Å². The van der Waals surface area contributed by atoms with Crippen molar-refractivity contribution < 1.29 is 29.3 Å². The Morgan fingerprint density at radius 1 is 1.10 bits per heavy atom. The highest BCUT2D eigenvalue weighted by Crippen LogP contribution is 2.38. The molecule has 2 aromatic carbocycles. The van der Waals surface area contributed by atoms with Crippen LogP contribution < -0.4 is 10.1 Å². The van der Waals surface area contributed by atoms with Gasteiger partial charge in [0.1, 0.15) is 18.5 Å². The smallest absolute Gasteiger partial charge is 0.412 e. The molecular formula is C23H27NO6. The van der Waals surface area contributed by atoms with E-state index in [-0.39, 0.29) is 13.2 Å². The number of aliphatic hydroxyl groups excluding tert-OH is 1. The van der Waals surface area contributed by atoms with Gasteiger partial charge in [0.25, 0.3) is 0 Å². The van der Waals surface area contributed by atoms with Crippen molar-refractivity contribution >= 4 is 17.7 Å². The number of ether oxygens (including phenoxy) is 2. The number of hydrogen-bond donors (Lipinski definition) is 3. The number of benzene rings is 2. The van der Waals surface area contributed by atoms with Crippen molar-refractivity contribution in [3.8, 4) is 5.75 Å². The van der Waals surface area contributed by atoms with Crippen molar-refractivity contribution in [1.29, 1.82) is 0 Å². The number of rotatable bonds is 9. The first-order valence-corrected chi connectivity index (χ1v) is 9.51. The minimum Gasteiger partial charge on any atom is -0.491 e. The van der Waals surface area contributed by atoms with Crippen LogP contribution in [0.2, 0.25) is 0 Å². The number of carbonyl (C=O) groups excluding carboxylic acids is 1. The maximum atomic E-state index is 12.5. The third-order valence-corrected chi connectivity index (χ3v) is 4.40. The van der Waals surface area contributed by atoms with Gasteiger partial charge < -0.3 is 19.7 Å². The Morgan fingerprint density at radius 3 is 2.30 bits per heavy atom. The number of aryl methyl sites for hydroxylation is 1. The predicted molar refractivity (Wildman–Crippen MR) is 114 cm³/mol. The van der Waals surface area contributed by atoms with Gasteiger partial charge in [0.2, 0.25) is 0 Å². The number of nitrogens with one attached hydrogen (secondary N) is 1. The van der Waals surface area contributed by atoms with E-state index in [9.17, 15) is 9.59 Å². The van der Waals surface area contributed by atoms with Crippen molar-refractivity contribution in [3.63, 3.8) is 0 Å². The van der Waals surface area contributed by atoms with Gasteiger partial charge in [-0.3, -0.25) is 5.32 Å². The second kappa shape index (κ2) is 10.5. The molecule has 0 unspecified atom stereocenters. The molecule has 2 rings (SSSR count). The third-order valence-electron chi connectivity index (χ3n) is 4.40. The van der Waals surface area contributed by atoms with Crippen LogP contribution in [0.15, 0.2) is 60.7 Å². The van der Waals surface area contributed by atoms with Crippen molar-refractivity contribution in [2.24, 2.45) is 5.41 Å². The molecule has 0 heterocycles. The fraction of sp³-hybridized carbons (Fsp3) is 0.304. The van der Waals surface area contributed by atoms with Gasteiger partial charge in [0, 0.05) is 17.2 Å². The number of hydrogen-bond acceptors (Lipinski definition) is 5. The van der Waals surface area contributed by atoms with Crippen LogP contribution in [0, 0.1) is 12.3 Å². The number of aliphatic carboxylic acids is 1. The number of carboxylic acids is 1. The molecule has 0 aliphatic rings. The Hall–Kier alpha value is -3.32. The normalized spacial score (nSPS) is 12.4. The first-order chi connectivity index (χ1) is 14.2. The lowest BCUT2D eigenvalue weighted by molar-refractivity contribution is -0.131. The topological polar surface area (TPSA) is 105 Å². The summed E-state index contributed by atoms with van der Waals surface area (Å²) in [5, 5.41) is 20.6. The Kier molecular flexibility index (Phi) is 8.00. The molecule has 0 aromatic heterocycles. The molecule has 30 heavy (non-hydrogen) atoms. The van der Waals surface area contributed by atoms with Crippen LogP contribution in [0.1, 0.15) is 31.1 Å². The van der Waals surface area contributed by atoms with E-state index >= 15 is 0 Å². The summed E-state index contributed by atoms with van der Waals surface area (Å²) in [6.45, 7) is 5.59. The molecule has 0 radical (unpaired) electrons. The summed E-state index contributed by atoms with van der Waals surface area (Å²) in [6, 6.07) is 14.2. The summed E-state index contributed by atoms with van der Waals surface area (Å²) in [7, 11) is 0. The van der Waals surface area contributed by atoms with Crippen LogP contribution in [0.25, 0.3) is 0 Å². The van der Waals surface area contributed by atoms with Crippen LogP contribution in [-0.2, 0) is 9.53 Å². The third kappa shape index (κ3) is 6.93. The van der Waals surface area contributed by atoms with Crippen LogP contribution in [0.4, 0.5) is 10.5 Å². The van der Waals surface area contributed by atoms with E-state index in [0.717, 1.165) is 11.6 Å². The molecule has 0 aliphatic heterocycles. The molecule has 160 valence electrons. The SMILES string of the molecule is Cc1ccc(NC(=O)O[C@H](c2ccc(OCCO)cc2)C(C)(C)/C=C/C(=O)O)cc1. The summed E-state index contributed by atoms with van der Waals surface area (Å²) in [6.07, 6.45) is 1.12. The molecule has 2 aromatic rings. The van der Waals surface area contributed by atoms with Gasteiger partial charge >= 0.3 is 12.1 Å². The predicted octanol–water partition coefficient (Wildman–Crippen LogP) is 4.32. The molecule has 0 bridgehead atoms. The zero-order valence-corrected chi connectivity index (χ0v) is 17.3. The number of aliphatic hydroxyl groups is 1. The first kappa shape index (κ1) is 23.0. The molecule has 3 N–H and O–H groups in total. The zero-order valence-electron chi connectivity index (χ0n) is 17.3. The fourth-order valence-electron chi connectivity index (χ4n) is 2.82. The summed E-state index contributed by atoms with van der Waals surface area (Å²) in [5.74, 6) is -0.520. The van der Waals surface area contributed by atoms with Gasteiger partial charge in [-0.15, -0.1) is 0 Å². The Morgan fingerprint density at radius 2 is 1.73 bits per heavy atom. The summed E-state index contributed by atoms with van der Waals surface area (Å²) in [5.41, 5.74) is 1.52. The Balaban J connectivity index is 2.25. The molecule has 7 heteroatoms. The van der Waals surface area contributed by atoms with Gasteiger partial charge in [-0.2, -0.15) is 0 Å². The summed E-state index contributed by atoms with van der Waals surface area (Å²) < 4.78 is 11.1. The van der Waals surface area contributed by atoms with Crippen LogP contribution >= 0.6 is 0 Å². The van der Waals surface area contributed by atoms with E-state index in [1.54, 1.807) is 50.2 Å². The fourth-order valence-corrected chi connectivity index (χ4v) is 2.82. The lowest BCUT2D eigenvalue weighted by Gasteiger charge is -2.31. The quantitative estimate of drug-likeness (QED) is 0.529. The van der Waals surface area contributed by atoms with Gasteiger partial charge in [-0.25, -0.2) is 9.59 Å². The Labute approximate surface area is 176 Å². The highest BCUT2D eigenvalue weighted by atomic mass is 16.6.